The van der Waals surface area contributed by atoms with Gasteiger partial charge >= 0.3 is 23.4 Å². The van der Waals surface area contributed by atoms with Gasteiger partial charge in [0.1, 0.15) is 0 Å². The molecular formula is C19H16F4N2O2. The van der Waals surface area contributed by atoms with E-state index in [4.69, 9.17) is 0 Å². The minimum absolute atomic E-state index is 0.00179. The summed E-state index contributed by atoms with van der Waals surface area (Å²) in [6.07, 6.45) is -3.75. The zero-order chi connectivity index (χ0) is 19.8. The maximum Gasteiger partial charge on any atom is 0.335 e. The number of alkyl halides is 4. The number of amides is 2. The van der Waals surface area contributed by atoms with Crippen molar-refractivity contribution < 1.29 is 27.2 Å². The standard InChI is InChI=1S/C19H16F4N2O2/c1-2-15(20)19(22,23)18(21)16(26)24(13-9-5-3-6-10-13)25(17(18)27)14-11-7-4-8-12-14/h3-12,15H,2H2,1H3. The highest BCUT2D eigenvalue weighted by Gasteiger charge is 2.76. The number of halogens is 4. The molecule has 0 aliphatic carbocycles. The number of hydrogen-bond donors (Lipinski definition) is 0. The zero-order valence-electron chi connectivity index (χ0n) is 14.3. The monoisotopic (exact) mass is 380 g/mol. The van der Waals surface area contributed by atoms with E-state index in [2.05, 4.69) is 0 Å². The zero-order valence-corrected chi connectivity index (χ0v) is 14.3. The van der Waals surface area contributed by atoms with E-state index in [0.717, 1.165) is 6.92 Å². The molecule has 1 unspecified atom stereocenters. The van der Waals surface area contributed by atoms with Crippen LogP contribution in [0.1, 0.15) is 13.3 Å². The largest absolute Gasteiger partial charge is 0.335 e. The summed E-state index contributed by atoms with van der Waals surface area (Å²) in [5, 5.41) is 1.04. The van der Waals surface area contributed by atoms with E-state index in [1.165, 1.54) is 48.5 Å². The Balaban J connectivity index is 2.20. The lowest BCUT2D eigenvalue weighted by Gasteiger charge is -2.27. The molecule has 2 aromatic rings. The highest BCUT2D eigenvalue weighted by Crippen LogP contribution is 2.46. The fourth-order valence-corrected chi connectivity index (χ4v) is 2.93. The average molecular weight is 380 g/mol. The summed E-state index contributed by atoms with van der Waals surface area (Å²) in [6, 6.07) is 14.6. The molecule has 0 spiro atoms. The van der Waals surface area contributed by atoms with Gasteiger partial charge in [-0.3, -0.25) is 9.59 Å². The summed E-state index contributed by atoms with van der Waals surface area (Å²) in [6.45, 7) is 1.08. The Hall–Kier alpha value is -2.90. The number of rotatable bonds is 5. The smallest absolute Gasteiger partial charge is 0.268 e. The van der Waals surface area contributed by atoms with E-state index in [1.807, 2.05) is 0 Å². The van der Waals surface area contributed by atoms with Gasteiger partial charge in [0.2, 0.25) is 0 Å². The fraction of sp³-hybridized carbons (Fsp3) is 0.263. The summed E-state index contributed by atoms with van der Waals surface area (Å²) in [5.41, 5.74) is -4.35. The highest BCUT2D eigenvalue weighted by atomic mass is 19.3. The lowest BCUT2D eigenvalue weighted by Crippen LogP contribution is -2.59. The van der Waals surface area contributed by atoms with Crippen molar-refractivity contribution in [1.29, 1.82) is 0 Å². The molecule has 4 nitrogen and oxygen atoms in total. The molecule has 1 aliphatic heterocycles. The van der Waals surface area contributed by atoms with Gasteiger partial charge in [0, 0.05) is 0 Å². The van der Waals surface area contributed by atoms with E-state index in [-0.39, 0.29) is 11.4 Å². The molecule has 1 heterocycles. The van der Waals surface area contributed by atoms with Gasteiger partial charge in [0.25, 0.3) is 0 Å². The Morgan fingerprint density at radius 3 is 1.59 bits per heavy atom. The normalized spacial score (nSPS) is 18.1. The molecule has 3 rings (SSSR count). The lowest BCUT2D eigenvalue weighted by atomic mass is 9.91. The van der Waals surface area contributed by atoms with Crippen LogP contribution < -0.4 is 10.0 Å². The summed E-state index contributed by atoms with van der Waals surface area (Å²) in [7, 11) is 0. The Morgan fingerprint density at radius 1 is 0.889 bits per heavy atom. The number of carbonyl (C=O) groups excluding carboxylic acids is 2. The van der Waals surface area contributed by atoms with Gasteiger partial charge in [-0.25, -0.2) is 18.8 Å². The first-order valence-corrected chi connectivity index (χ1v) is 8.26. The molecule has 8 heteroatoms. The predicted molar refractivity (Wildman–Crippen MR) is 91.8 cm³/mol. The van der Waals surface area contributed by atoms with Crippen molar-refractivity contribution >= 4 is 23.2 Å². The molecule has 2 aromatic carbocycles. The molecule has 0 N–H and O–H groups in total. The molecule has 0 bridgehead atoms. The second-order valence-corrected chi connectivity index (χ2v) is 6.06. The van der Waals surface area contributed by atoms with Crippen LogP contribution in [0.2, 0.25) is 0 Å². The Labute approximate surface area is 153 Å². The topological polar surface area (TPSA) is 40.6 Å². The SMILES string of the molecule is CCC(F)C(F)(F)C1(F)C(=O)N(c2ccccc2)N(c2ccccc2)C1=O. The van der Waals surface area contributed by atoms with Crippen LogP contribution in [0.5, 0.6) is 0 Å². The van der Waals surface area contributed by atoms with Gasteiger partial charge in [-0.15, -0.1) is 0 Å². The van der Waals surface area contributed by atoms with E-state index in [1.54, 1.807) is 12.1 Å². The number of benzene rings is 2. The molecule has 0 radical (unpaired) electrons. The Kier molecular flexibility index (Phi) is 4.67. The van der Waals surface area contributed by atoms with Crippen LogP contribution in [0.15, 0.2) is 60.7 Å². The van der Waals surface area contributed by atoms with Gasteiger partial charge in [-0.1, -0.05) is 43.3 Å². The number of nitrogens with zero attached hydrogens (tertiary/aromatic N) is 2. The lowest BCUT2D eigenvalue weighted by molar-refractivity contribution is -0.186. The van der Waals surface area contributed by atoms with Gasteiger partial charge in [0.15, 0.2) is 6.17 Å². The maximum atomic E-state index is 15.4. The fourth-order valence-electron chi connectivity index (χ4n) is 2.93. The van der Waals surface area contributed by atoms with Crippen molar-refractivity contribution in [2.75, 3.05) is 10.0 Å². The maximum absolute atomic E-state index is 15.4. The van der Waals surface area contributed by atoms with Gasteiger partial charge in [-0.2, -0.15) is 8.78 Å². The number of hydrogen-bond acceptors (Lipinski definition) is 2. The van der Waals surface area contributed by atoms with Gasteiger partial charge in [0.05, 0.1) is 11.4 Å². The van der Waals surface area contributed by atoms with Crippen LogP contribution in [-0.4, -0.2) is 29.6 Å². The van der Waals surface area contributed by atoms with Crippen LogP contribution in [0, 0.1) is 0 Å². The molecule has 27 heavy (non-hydrogen) atoms. The van der Waals surface area contributed by atoms with Crippen LogP contribution in [0.25, 0.3) is 0 Å². The number of para-hydroxylation sites is 2. The van der Waals surface area contributed by atoms with E-state index >= 15 is 4.39 Å². The number of carbonyl (C=O) groups is 2. The number of anilines is 2. The highest BCUT2D eigenvalue weighted by molar-refractivity contribution is 6.29. The molecule has 1 saturated heterocycles. The van der Waals surface area contributed by atoms with Crippen molar-refractivity contribution in [3.8, 4) is 0 Å². The molecule has 1 aliphatic rings. The van der Waals surface area contributed by atoms with E-state index < -0.39 is 36.0 Å². The van der Waals surface area contributed by atoms with Crippen LogP contribution in [0.3, 0.4) is 0 Å². The first-order valence-electron chi connectivity index (χ1n) is 8.26. The van der Waals surface area contributed by atoms with Crippen molar-refractivity contribution in [3.05, 3.63) is 60.7 Å². The minimum Gasteiger partial charge on any atom is -0.268 e. The minimum atomic E-state index is -4.83. The third kappa shape index (κ3) is 2.67. The van der Waals surface area contributed by atoms with Gasteiger partial charge < -0.3 is 0 Å². The first-order chi connectivity index (χ1) is 12.8. The quantitative estimate of drug-likeness (QED) is 0.580. The van der Waals surface area contributed by atoms with Crippen molar-refractivity contribution in [2.45, 2.75) is 31.1 Å². The number of hydrazine groups is 1. The first kappa shape index (κ1) is 18.9. The molecule has 1 atom stereocenters. The van der Waals surface area contributed by atoms with E-state index in [9.17, 15) is 22.8 Å². The van der Waals surface area contributed by atoms with Crippen molar-refractivity contribution in [1.82, 2.24) is 0 Å². The van der Waals surface area contributed by atoms with Crippen LogP contribution >= 0.6 is 0 Å². The molecule has 142 valence electrons. The molecular weight excluding hydrogens is 364 g/mol. The van der Waals surface area contributed by atoms with Crippen LogP contribution in [0.4, 0.5) is 28.9 Å². The molecule has 0 saturated carbocycles. The van der Waals surface area contributed by atoms with Gasteiger partial charge in [-0.05, 0) is 30.7 Å². The third-order valence-corrected chi connectivity index (χ3v) is 4.39. The molecule has 1 fully saturated rings. The summed E-state index contributed by atoms with van der Waals surface area (Å²) >= 11 is 0. The Morgan fingerprint density at radius 2 is 1.26 bits per heavy atom. The summed E-state index contributed by atoms with van der Waals surface area (Å²) in [5.74, 6) is -8.49. The predicted octanol–water partition coefficient (Wildman–Crippen LogP) is 4.07. The summed E-state index contributed by atoms with van der Waals surface area (Å²) < 4.78 is 58.4. The molecule has 0 aromatic heterocycles. The van der Waals surface area contributed by atoms with Crippen molar-refractivity contribution in [2.24, 2.45) is 0 Å². The summed E-state index contributed by atoms with van der Waals surface area (Å²) in [4.78, 5) is 25.5. The third-order valence-electron chi connectivity index (χ3n) is 4.39. The average Bonchev–Trinajstić information content (AvgIpc) is 2.90. The second-order valence-electron chi connectivity index (χ2n) is 6.06. The van der Waals surface area contributed by atoms with Crippen molar-refractivity contribution in [3.63, 3.8) is 0 Å². The Bertz CT molecular complexity index is 788. The molecule has 2 amide bonds. The van der Waals surface area contributed by atoms with Crippen LogP contribution in [-0.2, 0) is 9.59 Å². The van der Waals surface area contributed by atoms with E-state index in [0.29, 0.717) is 10.0 Å². The second kappa shape index (κ2) is 6.68.